The van der Waals surface area contributed by atoms with E-state index in [4.69, 9.17) is 5.73 Å². The van der Waals surface area contributed by atoms with E-state index in [-0.39, 0.29) is 30.1 Å². The number of carbonyl (C=O) groups is 2. The molecule has 2 amide bonds. The smallest absolute Gasteiger partial charge is 0.253 e. The van der Waals surface area contributed by atoms with E-state index in [0.29, 0.717) is 38.3 Å². The monoisotopic (exact) mass is 448 g/mol. The van der Waals surface area contributed by atoms with E-state index in [2.05, 4.69) is 16.3 Å². The highest BCUT2D eigenvalue weighted by molar-refractivity contribution is 5.94. The van der Waals surface area contributed by atoms with E-state index in [1.165, 1.54) is 12.1 Å². The summed E-state index contributed by atoms with van der Waals surface area (Å²) in [4.78, 5) is 28.4. The van der Waals surface area contributed by atoms with Crippen molar-refractivity contribution in [2.75, 3.05) is 44.2 Å². The van der Waals surface area contributed by atoms with E-state index in [9.17, 15) is 14.0 Å². The molecule has 7 heteroatoms. The van der Waals surface area contributed by atoms with Gasteiger partial charge in [0.25, 0.3) is 5.91 Å². The molecule has 33 heavy (non-hydrogen) atoms. The van der Waals surface area contributed by atoms with E-state index in [0.717, 1.165) is 23.2 Å². The third kappa shape index (κ3) is 5.68. The molecule has 1 fully saturated rings. The van der Waals surface area contributed by atoms with Crippen LogP contribution in [0.5, 0.6) is 0 Å². The van der Waals surface area contributed by atoms with E-state index >= 15 is 0 Å². The lowest BCUT2D eigenvalue weighted by Crippen LogP contribution is -2.48. The third-order valence-corrected chi connectivity index (χ3v) is 6.18. The second-order valence-corrected chi connectivity index (χ2v) is 8.38. The first-order chi connectivity index (χ1) is 16.0. The van der Waals surface area contributed by atoms with Gasteiger partial charge in [0.05, 0.1) is 6.54 Å². The Kier molecular flexibility index (Phi) is 7.19. The second-order valence-electron chi connectivity index (χ2n) is 8.38. The standard InChI is InChI=1S/C26H29FN4O2/c27-23-5-2-6-24(16-23)30-11-13-31(14-12-30)26(33)21-9-7-20(8-10-21)22-4-1-3-19(15-22)18-29-25(32)17-28/h1-10,16,22H,11-15,17-18,28H2,(H,29,32). The first kappa shape index (κ1) is 22.7. The first-order valence-electron chi connectivity index (χ1n) is 11.3. The van der Waals surface area contributed by atoms with Crippen LogP contribution in [0, 0.1) is 5.82 Å². The van der Waals surface area contributed by atoms with Crippen LogP contribution in [0.2, 0.25) is 0 Å². The van der Waals surface area contributed by atoms with Crippen LogP contribution in [-0.2, 0) is 4.79 Å². The summed E-state index contributed by atoms with van der Waals surface area (Å²) < 4.78 is 13.5. The maximum Gasteiger partial charge on any atom is 0.253 e. The largest absolute Gasteiger partial charge is 0.368 e. The van der Waals surface area contributed by atoms with Crippen molar-refractivity contribution >= 4 is 17.5 Å². The van der Waals surface area contributed by atoms with Gasteiger partial charge in [0.15, 0.2) is 0 Å². The summed E-state index contributed by atoms with van der Waals surface area (Å²) in [6.07, 6.45) is 6.98. The molecule has 0 saturated carbocycles. The van der Waals surface area contributed by atoms with Crippen molar-refractivity contribution in [2.45, 2.75) is 12.3 Å². The number of halogens is 1. The molecule has 1 saturated heterocycles. The summed E-state index contributed by atoms with van der Waals surface area (Å²) in [7, 11) is 0. The topological polar surface area (TPSA) is 78.7 Å². The van der Waals surface area contributed by atoms with Crippen LogP contribution in [0.4, 0.5) is 10.1 Å². The number of anilines is 1. The Balaban J connectivity index is 1.32. The van der Waals surface area contributed by atoms with Crippen molar-refractivity contribution in [3.05, 3.63) is 89.3 Å². The van der Waals surface area contributed by atoms with Gasteiger partial charge in [-0.15, -0.1) is 0 Å². The number of allylic oxidation sites excluding steroid dienone is 3. The molecule has 0 bridgehead atoms. The fourth-order valence-electron chi connectivity index (χ4n) is 4.28. The van der Waals surface area contributed by atoms with Gasteiger partial charge in [-0.25, -0.2) is 4.39 Å². The second kappa shape index (κ2) is 10.4. The van der Waals surface area contributed by atoms with E-state index in [1.807, 2.05) is 47.4 Å². The number of carbonyl (C=O) groups excluding carboxylic acids is 2. The van der Waals surface area contributed by atoms with Crippen molar-refractivity contribution < 1.29 is 14.0 Å². The fraction of sp³-hybridized carbons (Fsp3) is 0.308. The number of hydrogen-bond acceptors (Lipinski definition) is 4. The molecular weight excluding hydrogens is 419 g/mol. The van der Waals surface area contributed by atoms with E-state index in [1.54, 1.807) is 6.07 Å². The molecule has 2 aromatic carbocycles. The van der Waals surface area contributed by atoms with Crippen molar-refractivity contribution in [1.82, 2.24) is 10.2 Å². The highest BCUT2D eigenvalue weighted by atomic mass is 19.1. The molecule has 0 radical (unpaired) electrons. The zero-order valence-corrected chi connectivity index (χ0v) is 18.5. The highest BCUT2D eigenvalue weighted by Gasteiger charge is 2.23. The average Bonchev–Trinajstić information content (AvgIpc) is 2.87. The third-order valence-electron chi connectivity index (χ3n) is 6.18. The van der Waals surface area contributed by atoms with Gasteiger partial charge in [-0.05, 0) is 42.3 Å². The number of benzene rings is 2. The number of piperazine rings is 1. The predicted octanol–water partition coefficient (Wildman–Crippen LogP) is 2.83. The minimum absolute atomic E-state index is 0.0120. The molecular formula is C26H29FN4O2. The molecule has 1 atom stereocenters. The lowest BCUT2D eigenvalue weighted by molar-refractivity contribution is -0.119. The predicted molar refractivity (Wildman–Crippen MR) is 128 cm³/mol. The molecule has 1 unspecified atom stereocenters. The van der Waals surface area contributed by atoms with Gasteiger partial charge < -0.3 is 20.9 Å². The van der Waals surface area contributed by atoms with Crippen molar-refractivity contribution in [3.63, 3.8) is 0 Å². The molecule has 172 valence electrons. The van der Waals surface area contributed by atoms with Crippen LogP contribution in [-0.4, -0.2) is 56.0 Å². The minimum Gasteiger partial charge on any atom is -0.368 e. The maximum atomic E-state index is 13.5. The van der Waals surface area contributed by atoms with Crippen molar-refractivity contribution in [1.29, 1.82) is 0 Å². The van der Waals surface area contributed by atoms with Crippen molar-refractivity contribution in [3.8, 4) is 0 Å². The number of hydrogen-bond donors (Lipinski definition) is 2. The average molecular weight is 449 g/mol. The quantitative estimate of drug-likeness (QED) is 0.712. The number of rotatable bonds is 6. The molecule has 2 aromatic rings. The van der Waals surface area contributed by atoms with Crippen LogP contribution < -0.4 is 16.0 Å². The molecule has 2 aliphatic rings. The first-order valence-corrected chi connectivity index (χ1v) is 11.3. The summed E-state index contributed by atoms with van der Waals surface area (Å²) >= 11 is 0. The van der Waals surface area contributed by atoms with Crippen LogP contribution in [0.25, 0.3) is 0 Å². The van der Waals surface area contributed by atoms with E-state index < -0.39 is 0 Å². The molecule has 0 aromatic heterocycles. The van der Waals surface area contributed by atoms with Gasteiger partial charge in [-0.1, -0.05) is 42.0 Å². The number of amides is 2. The summed E-state index contributed by atoms with van der Waals surface area (Å²) in [5.41, 5.74) is 9.14. The number of nitrogens with zero attached hydrogens (tertiary/aromatic N) is 2. The number of nitrogens with one attached hydrogen (secondary N) is 1. The van der Waals surface area contributed by atoms with Gasteiger partial charge in [-0.2, -0.15) is 0 Å². The Morgan fingerprint density at radius 2 is 1.82 bits per heavy atom. The zero-order valence-electron chi connectivity index (χ0n) is 18.5. The fourth-order valence-corrected chi connectivity index (χ4v) is 4.28. The molecule has 4 rings (SSSR count). The zero-order chi connectivity index (χ0) is 23.2. The molecule has 3 N–H and O–H groups in total. The van der Waals surface area contributed by atoms with Gasteiger partial charge in [0.2, 0.25) is 5.91 Å². The Hall–Kier alpha value is -3.45. The highest BCUT2D eigenvalue weighted by Crippen LogP contribution is 2.28. The maximum absolute atomic E-state index is 13.5. The normalized spacial score (nSPS) is 18.1. The van der Waals surface area contributed by atoms with Gasteiger partial charge in [0, 0.05) is 49.9 Å². The summed E-state index contributed by atoms with van der Waals surface area (Å²) in [6, 6.07) is 14.4. The summed E-state index contributed by atoms with van der Waals surface area (Å²) in [5, 5.41) is 2.81. The Labute approximate surface area is 193 Å². The molecule has 1 heterocycles. The lowest BCUT2D eigenvalue weighted by atomic mass is 9.88. The van der Waals surface area contributed by atoms with Crippen LogP contribution in [0.15, 0.2) is 72.3 Å². The minimum atomic E-state index is -0.248. The summed E-state index contributed by atoms with van der Waals surface area (Å²) in [6.45, 7) is 3.04. The van der Waals surface area contributed by atoms with Crippen LogP contribution in [0.3, 0.4) is 0 Å². The molecule has 1 aliphatic carbocycles. The Morgan fingerprint density at radius 3 is 2.52 bits per heavy atom. The lowest BCUT2D eigenvalue weighted by Gasteiger charge is -2.36. The Morgan fingerprint density at radius 1 is 1.06 bits per heavy atom. The van der Waals surface area contributed by atoms with Gasteiger partial charge in [0.1, 0.15) is 5.82 Å². The van der Waals surface area contributed by atoms with Gasteiger partial charge in [-0.3, -0.25) is 9.59 Å². The summed E-state index contributed by atoms with van der Waals surface area (Å²) in [5.74, 6) is -0.188. The van der Waals surface area contributed by atoms with Gasteiger partial charge >= 0.3 is 0 Å². The molecule has 6 nitrogen and oxygen atoms in total. The SMILES string of the molecule is NCC(=O)NCC1=CC=CC(c2ccc(C(=O)N3CCN(c4cccc(F)c4)CC3)cc2)C1. The molecule has 1 aliphatic heterocycles. The number of nitrogens with two attached hydrogens (primary N) is 1. The van der Waals surface area contributed by atoms with Crippen LogP contribution >= 0.6 is 0 Å². The van der Waals surface area contributed by atoms with Crippen LogP contribution in [0.1, 0.15) is 28.3 Å². The Bertz CT molecular complexity index is 1060. The van der Waals surface area contributed by atoms with Crippen molar-refractivity contribution in [2.24, 2.45) is 5.73 Å². The molecule has 0 spiro atoms.